The maximum Gasteiger partial charge on any atom is 0.251 e. The maximum atomic E-state index is 11.8. The minimum atomic E-state index is -0.138. The zero-order chi connectivity index (χ0) is 12.1. The average Bonchev–Trinajstić information content (AvgIpc) is 2.37. The number of carbonyl (C=O) groups is 1. The van der Waals surface area contributed by atoms with E-state index in [2.05, 4.69) is 10.3 Å². The predicted octanol–water partition coefficient (Wildman–Crippen LogP) is 1.59. The van der Waals surface area contributed by atoms with Gasteiger partial charge in [0.25, 0.3) is 5.91 Å². The van der Waals surface area contributed by atoms with Crippen LogP contribution in [0.1, 0.15) is 15.9 Å². The lowest BCUT2D eigenvalue weighted by Crippen LogP contribution is -2.22. The number of hydrogen-bond acceptors (Lipinski definition) is 3. The molecule has 0 aliphatic rings. The summed E-state index contributed by atoms with van der Waals surface area (Å²) >= 11 is 0. The van der Waals surface area contributed by atoms with Crippen molar-refractivity contribution in [2.24, 2.45) is 0 Å². The van der Waals surface area contributed by atoms with Gasteiger partial charge in [-0.25, -0.2) is 0 Å². The van der Waals surface area contributed by atoms with Crippen LogP contribution in [0.25, 0.3) is 0 Å². The van der Waals surface area contributed by atoms with E-state index < -0.39 is 0 Å². The highest BCUT2D eigenvalue weighted by Crippen LogP contribution is 2.06. The van der Waals surface area contributed by atoms with Gasteiger partial charge < -0.3 is 11.1 Å². The van der Waals surface area contributed by atoms with Crippen molar-refractivity contribution in [1.82, 2.24) is 10.3 Å². The Balaban J connectivity index is 1.98. The zero-order valence-corrected chi connectivity index (χ0v) is 9.26. The molecule has 1 heterocycles. The Bertz CT molecular complexity index is 511. The van der Waals surface area contributed by atoms with E-state index >= 15 is 0 Å². The Morgan fingerprint density at radius 2 is 2.18 bits per heavy atom. The molecule has 0 aliphatic carbocycles. The second kappa shape index (κ2) is 5.12. The van der Waals surface area contributed by atoms with Gasteiger partial charge in [-0.15, -0.1) is 0 Å². The smallest absolute Gasteiger partial charge is 0.251 e. The summed E-state index contributed by atoms with van der Waals surface area (Å²) in [5, 5.41) is 2.81. The van der Waals surface area contributed by atoms with Crippen LogP contribution in [-0.4, -0.2) is 10.9 Å². The normalized spacial score (nSPS) is 9.88. The summed E-state index contributed by atoms with van der Waals surface area (Å²) in [6.45, 7) is 0.460. The topological polar surface area (TPSA) is 68.0 Å². The van der Waals surface area contributed by atoms with Crippen molar-refractivity contribution in [1.29, 1.82) is 0 Å². The van der Waals surface area contributed by atoms with Crippen LogP contribution in [0, 0.1) is 0 Å². The van der Waals surface area contributed by atoms with E-state index in [0.717, 1.165) is 5.56 Å². The largest absolute Gasteiger partial charge is 0.399 e. The van der Waals surface area contributed by atoms with Crippen molar-refractivity contribution in [3.63, 3.8) is 0 Å². The fourth-order valence-corrected chi connectivity index (χ4v) is 1.47. The SMILES string of the molecule is Nc1cccc(C(=O)NCc2cccnc2)c1. The first kappa shape index (κ1) is 11.1. The molecule has 17 heavy (non-hydrogen) atoms. The molecule has 1 amide bonds. The second-order valence-corrected chi connectivity index (χ2v) is 3.67. The van der Waals surface area contributed by atoms with Gasteiger partial charge in [0.1, 0.15) is 0 Å². The van der Waals surface area contributed by atoms with Crippen LogP contribution in [0.2, 0.25) is 0 Å². The number of benzene rings is 1. The number of nitrogen functional groups attached to an aromatic ring is 1. The molecule has 2 aromatic rings. The monoisotopic (exact) mass is 227 g/mol. The number of hydrogen-bond donors (Lipinski definition) is 2. The van der Waals surface area contributed by atoms with Crippen molar-refractivity contribution in [3.8, 4) is 0 Å². The molecule has 3 N–H and O–H groups in total. The Morgan fingerprint density at radius 3 is 2.88 bits per heavy atom. The van der Waals surface area contributed by atoms with Crippen molar-refractivity contribution in [2.45, 2.75) is 6.54 Å². The van der Waals surface area contributed by atoms with Crippen LogP contribution in [0.4, 0.5) is 5.69 Å². The summed E-state index contributed by atoms with van der Waals surface area (Å²) in [6, 6.07) is 10.6. The summed E-state index contributed by atoms with van der Waals surface area (Å²) in [4.78, 5) is 15.8. The van der Waals surface area contributed by atoms with Gasteiger partial charge in [0, 0.05) is 30.2 Å². The third kappa shape index (κ3) is 3.04. The number of anilines is 1. The van der Waals surface area contributed by atoms with E-state index in [1.54, 1.807) is 36.7 Å². The molecule has 4 heteroatoms. The third-order valence-electron chi connectivity index (χ3n) is 2.32. The molecule has 0 unspecified atom stereocenters. The van der Waals surface area contributed by atoms with E-state index in [4.69, 9.17) is 5.73 Å². The zero-order valence-electron chi connectivity index (χ0n) is 9.26. The van der Waals surface area contributed by atoms with Crippen LogP contribution in [0.5, 0.6) is 0 Å². The van der Waals surface area contributed by atoms with Gasteiger partial charge in [-0.05, 0) is 29.8 Å². The van der Waals surface area contributed by atoms with Gasteiger partial charge in [-0.3, -0.25) is 9.78 Å². The minimum absolute atomic E-state index is 0.138. The van der Waals surface area contributed by atoms with Crippen molar-refractivity contribution >= 4 is 11.6 Å². The highest BCUT2D eigenvalue weighted by Gasteiger charge is 2.04. The molecule has 0 saturated carbocycles. The summed E-state index contributed by atoms with van der Waals surface area (Å²) in [6.07, 6.45) is 3.42. The lowest BCUT2D eigenvalue weighted by atomic mass is 10.2. The molecule has 2 rings (SSSR count). The summed E-state index contributed by atoms with van der Waals surface area (Å²) < 4.78 is 0. The van der Waals surface area contributed by atoms with Crippen molar-refractivity contribution in [3.05, 3.63) is 59.9 Å². The van der Waals surface area contributed by atoms with Crippen LogP contribution in [-0.2, 0) is 6.54 Å². The Kier molecular flexibility index (Phi) is 3.35. The third-order valence-corrected chi connectivity index (χ3v) is 2.32. The molecule has 1 aromatic heterocycles. The standard InChI is InChI=1S/C13H13N3O/c14-12-5-1-4-11(7-12)13(17)16-9-10-3-2-6-15-8-10/h1-8H,9,14H2,(H,16,17). The number of aromatic nitrogens is 1. The number of nitrogens with two attached hydrogens (primary N) is 1. The lowest BCUT2D eigenvalue weighted by Gasteiger charge is -2.05. The van der Waals surface area contributed by atoms with Gasteiger partial charge in [0.15, 0.2) is 0 Å². The van der Waals surface area contributed by atoms with E-state index in [1.165, 1.54) is 0 Å². The first-order chi connectivity index (χ1) is 8.25. The Labute approximate surface area is 99.5 Å². The number of amides is 1. The molecule has 0 saturated heterocycles. The number of nitrogens with one attached hydrogen (secondary N) is 1. The molecule has 1 aromatic carbocycles. The van der Waals surface area contributed by atoms with Crippen molar-refractivity contribution in [2.75, 3.05) is 5.73 Å². The number of carbonyl (C=O) groups excluding carboxylic acids is 1. The van der Waals surface area contributed by atoms with Crippen LogP contribution in [0.15, 0.2) is 48.8 Å². The molecule has 0 aliphatic heterocycles. The van der Waals surface area contributed by atoms with E-state index in [1.807, 2.05) is 12.1 Å². The second-order valence-electron chi connectivity index (χ2n) is 3.67. The lowest BCUT2D eigenvalue weighted by molar-refractivity contribution is 0.0951. The van der Waals surface area contributed by atoms with Gasteiger partial charge >= 0.3 is 0 Å². The van der Waals surface area contributed by atoms with Gasteiger partial charge in [-0.1, -0.05) is 12.1 Å². The maximum absolute atomic E-state index is 11.8. The fourth-order valence-electron chi connectivity index (χ4n) is 1.47. The highest BCUT2D eigenvalue weighted by atomic mass is 16.1. The van der Waals surface area contributed by atoms with E-state index in [0.29, 0.717) is 17.8 Å². The van der Waals surface area contributed by atoms with Crippen LogP contribution < -0.4 is 11.1 Å². The predicted molar refractivity (Wildman–Crippen MR) is 66.3 cm³/mol. The summed E-state index contributed by atoms with van der Waals surface area (Å²) in [5.74, 6) is -0.138. The molecule has 0 spiro atoms. The Hall–Kier alpha value is -2.36. The highest BCUT2D eigenvalue weighted by molar-refractivity contribution is 5.94. The first-order valence-corrected chi connectivity index (χ1v) is 5.28. The summed E-state index contributed by atoms with van der Waals surface area (Å²) in [5.41, 5.74) is 7.72. The quantitative estimate of drug-likeness (QED) is 0.782. The Morgan fingerprint density at radius 1 is 1.29 bits per heavy atom. The molecule has 0 radical (unpaired) electrons. The van der Waals surface area contributed by atoms with Crippen LogP contribution >= 0.6 is 0 Å². The molecule has 86 valence electrons. The number of nitrogens with zero attached hydrogens (tertiary/aromatic N) is 1. The molecule has 4 nitrogen and oxygen atoms in total. The van der Waals surface area contributed by atoms with Crippen molar-refractivity contribution < 1.29 is 4.79 Å². The number of rotatable bonds is 3. The molecular weight excluding hydrogens is 214 g/mol. The van der Waals surface area contributed by atoms with Gasteiger partial charge in [-0.2, -0.15) is 0 Å². The summed E-state index contributed by atoms with van der Waals surface area (Å²) in [7, 11) is 0. The molecular formula is C13H13N3O. The average molecular weight is 227 g/mol. The van der Waals surface area contributed by atoms with E-state index in [-0.39, 0.29) is 5.91 Å². The fraction of sp³-hybridized carbons (Fsp3) is 0.0769. The van der Waals surface area contributed by atoms with Gasteiger partial charge in [0.2, 0.25) is 0 Å². The van der Waals surface area contributed by atoms with Gasteiger partial charge in [0.05, 0.1) is 0 Å². The molecule has 0 fully saturated rings. The molecule has 0 atom stereocenters. The first-order valence-electron chi connectivity index (χ1n) is 5.28. The van der Waals surface area contributed by atoms with E-state index in [9.17, 15) is 4.79 Å². The minimum Gasteiger partial charge on any atom is -0.399 e. The number of pyridine rings is 1. The van der Waals surface area contributed by atoms with Crippen LogP contribution in [0.3, 0.4) is 0 Å². The molecule has 0 bridgehead atoms.